The number of ether oxygens (including phenoxy) is 2. The number of aliphatic hydroxyl groups excluding tert-OH is 1. The van der Waals surface area contributed by atoms with Gasteiger partial charge in [0.25, 0.3) is 0 Å². The molecule has 1 rings (SSSR count). The molecule has 0 spiro atoms. The van der Waals surface area contributed by atoms with Gasteiger partial charge in [-0.25, -0.2) is 0 Å². The van der Waals surface area contributed by atoms with Crippen LogP contribution in [0.4, 0.5) is 0 Å². The van der Waals surface area contributed by atoms with Crippen molar-refractivity contribution in [3.63, 3.8) is 0 Å². The molecule has 0 radical (unpaired) electrons. The molecule has 6 heteroatoms. The summed E-state index contributed by atoms with van der Waals surface area (Å²) in [6, 6.07) is 0. The van der Waals surface area contributed by atoms with E-state index in [0.717, 1.165) is 19.0 Å². The van der Waals surface area contributed by atoms with Crippen molar-refractivity contribution >= 4 is 5.96 Å². The Bertz CT molecular complexity index is 343. The van der Waals surface area contributed by atoms with Crippen LogP contribution in [0.5, 0.6) is 0 Å². The van der Waals surface area contributed by atoms with Gasteiger partial charge in [0.2, 0.25) is 0 Å². The lowest BCUT2D eigenvalue weighted by molar-refractivity contribution is 0.0301. The van der Waals surface area contributed by atoms with E-state index in [9.17, 15) is 5.11 Å². The largest absolute Gasteiger partial charge is 0.389 e. The highest BCUT2D eigenvalue weighted by atomic mass is 16.5. The van der Waals surface area contributed by atoms with Gasteiger partial charge in [0.1, 0.15) is 0 Å². The van der Waals surface area contributed by atoms with E-state index in [2.05, 4.69) is 29.5 Å². The van der Waals surface area contributed by atoms with E-state index in [1.165, 1.54) is 38.5 Å². The van der Waals surface area contributed by atoms with E-state index < -0.39 is 6.10 Å². The van der Waals surface area contributed by atoms with Crippen molar-refractivity contribution in [3.8, 4) is 0 Å². The van der Waals surface area contributed by atoms with Crippen molar-refractivity contribution in [2.24, 2.45) is 10.9 Å². The predicted molar refractivity (Wildman–Crippen MR) is 103 cm³/mol. The molecule has 0 heterocycles. The van der Waals surface area contributed by atoms with Crippen molar-refractivity contribution in [1.29, 1.82) is 0 Å². The molecule has 0 amide bonds. The van der Waals surface area contributed by atoms with E-state index >= 15 is 0 Å². The molecule has 3 N–H and O–H groups in total. The Kier molecular flexibility index (Phi) is 12.7. The average Bonchev–Trinajstić information content (AvgIpc) is 2.85. The third kappa shape index (κ3) is 12.2. The quantitative estimate of drug-likeness (QED) is 0.229. The number of nitrogens with one attached hydrogen (secondary N) is 2. The van der Waals surface area contributed by atoms with Gasteiger partial charge in [0.05, 0.1) is 32.0 Å². The highest BCUT2D eigenvalue weighted by molar-refractivity contribution is 5.79. The van der Waals surface area contributed by atoms with E-state index in [1.54, 1.807) is 0 Å². The lowest BCUT2D eigenvalue weighted by atomic mass is 10.1. The maximum Gasteiger partial charge on any atom is 0.191 e. The number of rotatable bonds is 11. The first-order valence-electron chi connectivity index (χ1n) is 10.0. The molecule has 0 aromatic heterocycles. The molecular formula is C19H39N3O3. The van der Waals surface area contributed by atoms with E-state index in [0.29, 0.717) is 38.4 Å². The van der Waals surface area contributed by atoms with Crippen LogP contribution in [0.2, 0.25) is 0 Å². The fraction of sp³-hybridized carbons (Fsp3) is 0.947. The van der Waals surface area contributed by atoms with Crippen molar-refractivity contribution in [1.82, 2.24) is 10.6 Å². The molecule has 0 aliphatic heterocycles. The van der Waals surface area contributed by atoms with Gasteiger partial charge in [-0.15, -0.1) is 0 Å². The van der Waals surface area contributed by atoms with E-state index in [-0.39, 0.29) is 0 Å². The lowest BCUT2D eigenvalue weighted by Gasteiger charge is -2.17. The Hall–Kier alpha value is -0.850. The topological polar surface area (TPSA) is 75.1 Å². The van der Waals surface area contributed by atoms with E-state index in [1.807, 2.05) is 6.92 Å². The van der Waals surface area contributed by atoms with Gasteiger partial charge in [-0.05, 0) is 25.7 Å². The summed E-state index contributed by atoms with van der Waals surface area (Å²) in [7, 11) is 0. The van der Waals surface area contributed by atoms with Gasteiger partial charge in [-0.3, -0.25) is 4.99 Å². The molecule has 1 aliphatic carbocycles. The van der Waals surface area contributed by atoms with Gasteiger partial charge in [0.15, 0.2) is 5.96 Å². The molecule has 148 valence electrons. The summed E-state index contributed by atoms with van der Waals surface area (Å²) in [5.41, 5.74) is 0. The number of aliphatic hydroxyl groups is 1. The maximum atomic E-state index is 9.94. The summed E-state index contributed by atoms with van der Waals surface area (Å²) < 4.78 is 11.4. The monoisotopic (exact) mass is 357 g/mol. The Labute approximate surface area is 153 Å². The lowest BCUT2D eigenvalue weighted by Crippen LogP contribution is -2.40. The molecule has 0 aromatic rings. The highest BCUT2D eigenvalue weighted by Gasteiger charge is 2.12. The van der Waals surface area contributed by atoms with Crippen LogP contribution in [0.25, 0.3) is 0 Å². The molecular weight excluding hydrogens is 318 g/mol. The summed E-state index contributed by atoms with van der Waals surface area (Å²) >= 11 is 0. The Morgan fingerprint density at radius 3 is 2.48 bits per heavy atom. The standard InChI is InChI=1S/C19H39N3O3/c1-4-20-19(22-13-17(23)15-24-14-16(2)3)21-11-12-25-18-9-7-5-6-8-10-18/h16-18,23H,4-15H2,1-3H3,(H2,20,21,22). The van der Waals surface area contributed by atoms with Gasteiger partial charge in [-0.2, -0.15) is 0 Å². The summed E-state index contributed by atoms with van der Waals surface area (Å²) in [4.78, 5) is 4.42. The Morgan fingerprint density at radius 1 is 1.12 bits per heavy atom. The SMILES string of the molecule is CCNC(=NCC(O)COCC(C)C)NCCOC1CCCCCC1. The van der Waals surface area contributed by atoms with Gasteiger partial charge >= 0.3 is 0 Å². The van der Waals surface area contributed by atoms with Crippen LogP contribution in [0.15, 0.2) is 4.99 Å². The number of nitrogens with zero attached hydrogens (tertiary/aromatic N) is 1. The first kappa shape index (κ1) is 22.2. The predicted octanol–water partition coefficient (Wildman–Crippen LogP) is 2.31. The number of aliphatic imine (C=N–C) groups is 1. The second-order valence-corrected chi connectivity index (χ2v) is 7.22. The average molecular weight is 358 g/mol. The smallest absolute Gasteiger partial charge is 0.191 e. The molecule has 25 heavy (non-hydrogen) atoms. The summed E-state index contributed by atoms with van der Waals surface area (Å²) in [6.45, 7) is 9.73. The Morgan fingerprint density at radius 2 is 1.84 bits per heavy atom. The molecule has 1 aliphatic rings. The van der Waals surface area contributed by atoms with E-state index in [4.69, 9.17) is 9.47 Å². The van der Waals surface area contributed by atoms with Crippen LogP contribution in [0.3, 0.4) is 0 Å². The van der Waals surface area contributed by atoms with Crippen LogP contribution in [-0.2, 0) is 9.47 Å². The van der Waals surface area contributed by atoms with Crippen LogP contribution < -0.4 is 10.6 Å². The molecule has 1 atom stereocenters. The zero-order chi connectivity index (χ0) is 18.3. The number of guanidine groups is 1. The van der Waals surface area contributed by atoms with Crippen molar-refractivity contribution in [2.45, 2.75) is 71.5 Å². The normalized spacial score (nSPS) is 18.2. The van der Waals surface area contributed by atoms with Crippen LogP contribution in [0.1, 0.15) is 59.3 Å². The maximum absolute atomic E-state index is 9.94. The molecule has 0 saturated heterocycles. The first-order valence-corrected chi connectivity index (χ1v) is 10.0. The minimum atomic E-state index is -0.573. The minimum absolute atomic E-state index is 0.325. The number of hydrogen-bond acceptors (Lipinski definition) is 4. The van der Waals surface area contributed by atoms with Gasteiger partial charge < -0.3 is 25.2 Å². The second kappa shape index (κ2) is 14.3. The molecule has 1 fully saturated rings. The molecule has 1 saturated carbocycles. The van der Waals surface area contributed by atoms with Crippen LogP contribution >= 0.6 is 0 Å². The van der Waals surface area contributed by atoms with Crippen molar-refractivity contribution < 1.29 is 14.6 Å². The zero-order valence-electron chi connectivity index (χ0n) is 16.4. The fourth-order valence-electron chi connectivity index (χ4n) is 2.83. The fourth-order valence-corrected chi connectivity index (χ4v) is 2.83. The minimum Gasteiger partial charge on any atom is -0.389 e. The molecule has 6 nitrogen and oxygen atoms in total. The third-order valence-corrected chi connectivity index (χ3v) is 4.12. The highest BCUT2D eigenvalue weighted by Crippen LogP contribution is 2.19. The van der Waals surface area contributed by atoms with Gasteiger partial charge in [-0.1, -0.05) is 39.5 Å². The number of hydrogen-bond donors (Lipinski definition) is 3. The van der Waals surface area contributed by atoms with Crippen molar-refractivity contribution in [3.05, 3.63) is 0 Å². The zero-order valence-corrected chi connectivity index (χ0v) is 16.4. The molecule has 0 aromatic carbocycles. The Balaban J connectivity index is 2.20. The summed E-state index contributed by atoms with van der Waals surface area (Å²) in [5.74, 6) is 1.19. The van der Waals surface area contributed by atoms with Crippen LogP contribution in [-0.4, -0.2) is 62.7 Å². The first-order chi connectivity index (χ1) is 12.1. The van der Waals surface area contributed by atoms with Crippen LogP contribution in [0, 0.1) is 5.92 Å². The molecule has 1 unspecified atom stereocenters. The summed E-state index contributed by atoms with van der Waals surface area (Å²) in [6.07, 6.45) is 7.50. The third-order valence-electron chi connectivity index (χ3n) is 4.12. The van der Waals surface area contributed by atoms with Crippen molar-refractivity contribution in [2.75, 3.05) is 39.5 Å². The summed E-state index contributed by atoms with van der Waals surface area (Å²) in [5, 5.41) is 16.4. The molecule has 0 bridgehead atoms. The van der Waals surface area contributed by atoms with Gasteiger partial charge in [0, 0.05) is 19.7 Å². The second-order valence-electron chi connectivity index (χ2n) is 7.22.